The average molecular weight is 217 g/mol. The maximum absolute atomic E-state index is 11.4. The van der Waals surface area contributed by atoms with Crippen molar-refractivity contribution in [1.82, 2.24) is 9.78 Å². The number of carboxylic acids is 1. The molecule has 1 rings (SSSR count). The Morgan fingerprint density at radius 3 is 2.64 bits per heavy atom. The summed E-state index contributed by atoms with van der Waals surface area (Å²) in [7, 11) is 0. The first-order valence-corrected chi connectivity index (χ1v) is 4.34. The maximum atomic E-state index is 11.4. The van der Waals surface area contributed by atoms with Gasteiger partial charge in [0.05, 0.1) is 6.04 Å². The second-order valence-corrected chi connectivity index (χ2v) is 3.43. The van der Waals surface area contributed by atoms with E-state index in [0.717, 1.165) is 10.7 Å². The molecule has 1 N–H and O–H groups in total. The summed E-state index contributed by atoms with van der Waals surface area (Å²) in [6, 6.07) is 0.824. The third-order valence-corrected chi connectivity index (χ3v) is 1.87. The molecule has 14 heavy (non-hydrogen) atoms. The lowest BCUT2D eigenvalue weighted by Crippen LogP contribution is -2.27. The van der Waals surface area contributed by atoms with Crippen LogP contribution < -0.4 is 5.56 Å². The van der Waals surface area contributed by atoms with Crippen molar-refractivity contribution in [3.63, 3.8) is 0 Å². The van der Waals surface area contributed by atoms with Crippen LogP contribution in [0, 0.1) is 0 Å². The molecule has 1 aromatic heterocycles. The topological polar surface area (TPSA) is 72.2 Å². The first-order chi connectivity index (χ1) is 6.43. The van der Waals surface area contributed by atoms with E-state index in [2.05, 4.69) is 5.10 Å². The van der Waals surface area contributed by atoms with Crippen molar-refractivity contribution in [3.8, 4) is 0 Å². The van der Waals surface area contributed by atoms with Crippen molar-refractivity contribution in [1.29, 1.82) is 0 Å². The number of rotatable bonds is 2. The summed E-state index contributed by atoms with van der Waals surface area (Å²) in [5.74, 6) is -1.21. The molecule has 0 amide bonds. The van der Waals surface area contributed by atoms with Gasteiger partial charge in [0.25, 0.3) is 5.56 Å². The van der Waals surface area contributed by atoms with Gasteiger partial charge in [0.1, 0.15) is 5.02 Å². The molecule has 6 heteroatoms. The molecule has 0 radical (unpaired) electrons. The second kappa shape index (κ2) is 3.79. The van der Waals surface area contributed by atoms with Gasteiger partial charge in [0, 0.05) is 0 Å². The third-order valence-electron chi connectivity index (χ3n) is 1.60. The number of aromatic nitrogens is 2. The molecule has 0 fully saturated rings. The molecule has 0 bridgehead atoms. The van der Waals surface area contributed by atoms with Crippen LogP contribution in [0.25, 0.3) is 0 Å². The molecule has 0 aliphatic carbocycles. The summed E-state index contributed by atoms with van der Waals surface area (Å²) >= 11 is 5.57. The van der Waals surface area contributed by atoms with Crippen LogP contribution >= 0.6 is 11.6 Å². The maximum Gasteiger partial charge on any atom is 0.356 e. The van der Waals surface area contributed by atoms with Crippen molar-refractivity contribution in [2.45, 2.75) is 19.9 Å². The minimum Gasteiger partial charge on any atom is -0.476 e. The predicted molar refractivity (Wildman–Crippen MR) is 50.9 cm³/mol. The number of carbonyl (C=O) groups is 1. The fourth-order valence-electron chi connectivity index (χ4n) is 0.936. The largest absolute Gasteiger partial charge is 0.476 e. The van der Waals surface area contributed by atoms with Gasteiger partial charge in [0.15, 0.2) is 5.69 Å². The molecule has 1 aromatic rings. The standard InChI is InChI=1S/C8H9ClN2O3/c1-4(2)11-7(12)5(9)3-6(10-11)8(13)14/h3-4H,1-2H3,(H,13,14). The van der Waals surface area contributed by atoms with Gasteiger partial charge < -0.3 is 5.11 Å². The van der Waals surface area contributed by atoms with Crippen LogP contribution in [0.1, 0.15) is 30.4 Å². The van der Waals surface area contributed by atoms with Gasteiger partial charge in [-0.05, 0) is 19.9 Å². The van der Waals surface area contributed by atoms with Crippen molar-refractivity contribution in [3.05, 3.63) is 27.1 Å². The van der Waals surface area contributed by atoms with Crippen LogP contribution in [-0.4, -0.2) is 20.9 Å². The van der Waals surface area contributed by atoms with Crippen LogP contribution in [0.4, 0.5) is 0 Å². The Labute approximate surface area is 84.9 Å². The Kier molecular flexibility index (Phi) is 2.90. The molecule has 0 atom stereocenters. The number of hydrogen-bond donors (Lipinski definition) is 1. The predicted octanol–water partition coefficient (Wildman–Crippen LogP) is 1.18. The molecule has 76 valence electrons. The summed E-state index contributed by atoms with van der Waals surface area (Å²) < 4.78 is 1.05. The number of hydrogen-bond acceptors (Lipinski definition) is 3. The number of halogens is 1. The van der Waals surface area contributed by atoms with Gasteiger partial charge in [-0.2, -0.15) is 5.10 Å². The van der Waals surface area contributed by atoms with Gasteiger partial charge in [-0.3, -0.25) is 4.79 Å². The number of aromatic carboxylic acids is 1. The average Bonchev–Trinajstić information content (AvgIpc) is 2.08. The van der Waals surface area contributed by atoms with Crippen molar-refractivity contribution < 1.29 is 9.90 Å². The van der Waals surface area contributed by atoms with E-state index < -0.39 is 11.5 Å². The van der Waals surface area contributed by atoms with E-state index in [4.69, 9.17) is 16.7 Å². The van der Waals surface area contributed by atoms with E-state index in [-0.39, 0.29) is 16.8 Å². The van der Waals surface area contributed by atoms with Crippen molar-refractivity contribution >= 4 is 17.6 Å². The Balaban J connectivity index is 3.43. The van der Waals surface area contributed by atoms with E-state index in [9.17, 15) is 9.59 Å². The molecule has 1 heterocycles. The highest BCUT2D eigenvalue weighted by Gasteiger charge is 2.13. The van der Waals surface area contributed by atoms with E-state index in [1.54, 1.807) is 13.8 Å². The number of carboxylic acid groups (broad SMARTS) is 1. The van der Waals surface area contributed by atoms with Crippen molar-refractivity contribution in [2.24, 2.45) is 0 Å². The molecule has 0 aromatic carbocycles. The Morgan fingerprint density at radius 1 is 1.64 bits per heavy atom. The Bertz CT molecular complexity index is 425. The van der Waals surface area contributed by atoms with Crippen LogP contribution in [0.15, 0.2) is 10.9 Å². The SMILES string of the molecule is CC(C)n1nc(C(=O)O)cc(Cl)c1=O. The third kappa shape index (κ3) is 1.93. The summed E-state index contributed by atoms with van der Waals surface area (Å²) in [6.45, 7) is 3.44. The van der Waals surface area contributed by atoms with Gasteiger partial charge in [-0.1, -0.05) is 11.6 Å². The Hall–Kier alpha value is -1.36. The highest BCUT2D eigenvalue weighted by Crippen LogP contribution is 2.06. The Morgan fingerprint density at radius 2 is 2.21 bits per heavy atom. The molecule has 0 spiro atoms. The van der Waals surface area contributed by atoms with Crippen molar-refractivity contribution in [2.75, 3.05) is 0 Å². The fraction of sp³-hybridized carbons (Fsp3) is 0.375. The fourth-order valence-corrected chi connectivity index (χ4v) is 1.13. The summed E-state index contributed by atoms with van der Waals surface area (Å²) in [5, 5.41) is 12.2. The first kappa shape index (κ1) is 10.7. The van der Waals surface area contributed by atoms with E-state index in [1.165, 1.54) is 0 Å². The molecule has 0 unspecified atom stereocenters. The van der Waals surface area contributed by atoms with Gasteiger partial charge >= 0.3 is 5.97 Å². The van der Waals surface area contributed by atoms with Crippen LogP contribution in [0.2, 0.25) is 5.02 Å². The smallest absolute Gasteiger partial charge is 0.356 e. The quantitative estimate of drug-likeness (QED) is 0.806. The lowest BCUT2D eigenvalue weighted by Gasteiger charge is -2.08. The second-order valence-electron chi connectivity index (χ2n) is 3.03. The van der Waals surface area contributed by atoms with Gasteiger partial charge in [0.2, 0.25) is 0 Å². The normalized spacial score (nSPS) is 10.6. The molecular formula is C8H9ClN2O3. The van der Waals surface area contributed by atoms with E-state index in [1.807, 2.05) is 0 Å². The molecule has 5 nitrogen and oxygen atoms in total. The van der Waals surface area contributed by atoms with Gasteiger partial charge in [-0.15, -0.1) is 0 Å². The highest BCUT2D eigenvalue weighted by molar-refractivity contribution is 6.30. The first-order valence-electron chi connectivity index (χ1n) is 3.96. The van der Waals surface area contributed by atoms with Crippen LogP contribution in [-0.2, 0) is 0 Å². The monoisotopic (exact) mass is 216 g/mol. The van der Waals surface area contributed by atoms with E-state index in [0.29, 0.717) is 0 Å². The molecule has 0 saturated heterocycles. The summed E-state index contributed by atoms with van der Waals surface area (Å²) in [4.78, 5) is 22.0. The molecule has 0 aliphatic rings. The van der Waals surface area contributed by atoms with Crippen LogP contribution in [0.5, 0.6) is 0 Å². The summed E-state index contributed by atoms with van der Waals surface area (Å²) in [5.41, 5.74) is -0.713. The highest BCUT2D eigenvalue weighted by atomic mass is 35.5. The summed E-state index contributed by atoms with van der Waals surface area (Å²) in [6.07, 6.45) is 0. The minimum atomic E-state index is -1.21. The zero-order valence-electron chi connectivity index (χ0n) is 7.69. The molecule has 0 aliphatic heterocycles. The zero-order valence-corrected chi connectivity index (χ0v) is 8.45. The van der Waals surface area contributed by atoms with Gasteiger partial charge in [-0.25, -0.2) is 9.48 Å². The zero-order chi connectivity index (χ0) is 10.9. The molecule has 0 saturated carbocycles. The van der Waals surface area contributed by atoms with E-state index >= 15 is 0 Å². The van der Waals surface area contributed by atoms with Crippen LogP contribution in [0.3, 0.4) is 0 Å². The number of nitrogens with zero attached hydrogens (tertiary/aromatic N) is 2. The lowest BCUT2D eigenvalue weighted by atomic mass is 10.3. The molecular weight excluding hydrogens is 208 g/mol. The lowest BCUT2D eigenvalue weighted by molar-refractivity contribution is 0.0687. The minimum absolute atomic E-state index is 0.133.